The van der Waals surface area contributed by atoms with Gasteiger partial charge in [0.2, 0.25) is 5.91 Å². The zero-order chi connectivity index (χ0) is 24.9. The van der Waals surface area contributed by atoms with E-state index in [-0.39, 0.29) is 23.3 Å². The third-order valence-corrected chi connectivity index (χ3v) is 8.56. The van der Waals surface area contributed by atoms with Crippen molar-refractivity contribution < 1.29 is 9.59 Å². The lowest BCUT2D eigenvalue weighted by molar-refractivity contribution is -0.126. The van der Waals surface area contributed by atoms with Gasteiger partial charge in [0.05, 0.1) is 11.5 Å². The molecule has 184 valence electrons. The van der Waals surface area contributed by atoms with Crippen molar-refractivity contribution >= 4 is 11.8 Å². The molecule has 2 spiro atoms. The minimum atomic E-state index is -0.769. The number of aromatic nitrogens is 1. The van der Waals surface area contributed by atoms with E-state index in [0.29, 0.717) is 24.4 Å². The standard InChI is InChI=1S/C29H31N5O2/c1-2-3-7-22-25(30)34-27(36)29(22)14-18-13-23(32-17-19(18)15-29)26(35)33-24-16-28(9-11-31-12-10-28)21-8-5-4-6-20(21)24/h2-8,13,17,24,31H,1,9-12,14-16,30H2,(H,33,35)(H,34,36)/b7-3-. The summed E-state index contributed by atoms with van der Waals surface area (Å²) in [5, 5.41) is 9.54. The van der Waals surface area contributed by atoms with E-state index >= 15 is 0 Å². The number of nitrogens with two attached hydrogens (primary N) is 1. The molecular weight excluding hydrogens is 450 g/mol. The summed E-state index contributed by atoms with van der Waals surface area (Å²) < 4.78 is 0. The first-order valence-electron chi connectivity index (χ1n) is 12.7. The number of amides is 2. The van der Waals surface area contributed by atoms with Crippen LogP contribution in [0.4, 0.5) is 0 Å². The molecule has 2 atom stereocenters. The van der Waals surface area contributed by atoms with Crippen LogP contribution in [0.5, 0.6) is 0 Å². The molecule has 7 heteroatoms. The van der Waals surface area contributed by atoms with Crippen molar-refractivity contribution in [1.82, 2.24) is 20.9 Å². The van der Waals surface area contributed by atoms with Gasteiger partial charge < -0.3 is 21.7 Å². The fraction of sp³-hybridized carbons (Fsp3) is 0.345. The van der Waals surface area contributed by atoms with Crippen molar-refractivity contribution in [3.05, 3.63) is 101 Å². The SMILES string of the molecule is C=C/C=C\C1=C(N)NC(=O)C12Cc1cnc(C(=O)NC3CC4(CCNCC4)c4ccccc43)cc1C2. The van der Waals surface area contributed by atoms with E-state index in [0.717, 1.165) is 49.1 Å². The molecule has 6 rings (SSSR count). The van der Waals surface area contributed by atoms with Crippen LogP contribution in [0, 0.1) is 5.41 Å². The first-order chi connectivity index (χ1) is 17.5. The zero-order valence-corrected chi connectivity index (χ0v) is 20.3. The second kappa shape index (κ2) is 8.45. The van der Waals surface area contributed by atoms with E-state index < -0.39 is 5.41 Å². The first-order valence-corrected chi connectivity index (χ1v) is 12.7. The number of nitrogens with one attached hydrogen (secondary N) is 3. The van der Waals surface area contributed by atoms with Crippen LogP contribution < -0.4 is 21.7 Å². The Hall–Kier alpha value is -3.71. The van der Waals surface area contributed by atoms with Crippen LogP contribution in [0.15, 0.2) is 72.7 Å². The monoisotopic (exact) mass is 481 g/mol. The maximum absolute atomic E-state index is 13.4. The van der Waals surface area contributed by atoms with Crippen LogP contribution in [0.25, 0.3) is 0 Å². The molecule has 7 nitrogen and oxygen atoms in total. The van der Waals surface area contributed by atoms with E-state index in [4.69, 9.17) is 5.73 Å². The molecule has 4 aliphatic rings. The van der Waals surface area contributed by atoms with Gasteiger partial charge in [0, 0.05) is 17.2 Å². The zero-order valence-electron chi connectivity index (χ0n) is 20.3. The average Bonchev–Trinajstić information content (AvgIpc) is 3.48. The van der Waals surface area contributed by atoms with Gasteiger partial charge in [-0.2, -0.15) is 0 Å². The molecule has 5 N–H and O–H groups in total. The van der Waals surface area contributed by atoms with Crippen molar-refractivity contribution in [2.75, 3.05) is 13.1 Å². The predicted octanol–water partition coefficient (Wildman–Crippen LogP) is 2.70. The van der Waals surface area contributed by atoms with E-state index in [1.165, 1.54) is 11.1 Å². The normalized spacial score (nSPS) is 25.9. The number of hydrogen-bond donors (Lipinski definition) is 4. The highest BCUT2D eigenvalue weighted by Gasteiger charge is 2.51. The molecule has 1 aromatic heterocycles. The third-order valence-electron chi connectivity index (χ3n) is 8.56. The summed E-state index contributed by atoms with van der Waals surface area (Å²) in [7, 11) is 0. The van der Waals surface area contributed by atoms with Gasteiger partial charge in [-0.1, -0.05) is 49.1 Å². The van der Waals surface area contributed by atoms with E-state index in [1.807, 2.05) is 12.1 Å². The van der Waals surface area contributed by atoms with Crippen molar-refractivity contribution in [3.63, 3.8) is 0 Å². The average molecular weight is 482 g/mol. The molecule has 2 unspecified atom stereocenters. The summed E-state index contributed by atoms with van der Waals surface area (Å²) in [5.41, 5.74) is 11.2. The second-order valence-corrected chi connectivity index (χ2v) is 10.5. The lowest BCUT2D eigenvalue weighted by Crippen LogP contribution is -2.39. The number of pyridine rings is 1. The highest BCUT2D eigenvalue weighted by molar-refractivity contribution is 5.95. The number of allylic oxidation sites excluding steroid dienone is 3. The molecule has 1 aromatic carbocycles. The minimum absolute atomic E-state index is 0.0350. The fourth-order valence-corrected chi connectivity index (χ4v) is 6.77. The summed E-state index contributed by atoms with van der Waals surface area (Å²) in [6.45, 7) is 5.72. The Kier molecular flexibility index (Phi) is 5.34. The third kappa shape index (κ3) is 3.41. The molecule has 0 saturated carbocycles. The topological polar surface area (TPSA) is 109 Å². The van der Waals surface area contributed by atoms with Crippen LogP contribution in [0.3, 0.4) is 0 Å². The van der Waals surface area contributed by atoms with Gasteiger partial charge in [-0.3, -0.25) is 14.6 Å². The molecule has 0 radical (unpaired) electrons. The highest BCUT2D eigenvalue weighted by atomic mass is 16.2. The number of benzene rings is 1. The number of fused-ring (bicyclic) bond motifs is 3. The lowest BCUT2D eigenvalue weighted by atomic mass is 9.74. The molecule has 1 saturated heterocycles. The van der Waals surface area contributed by atoms with Crippen LogP contribution >= 0.6 is 0 Å². The quantitative estimate of drug-likeness (QED) is 0.502. The summed E-state index contributed by atoms with van der Waals surface area (Å²) in [5.74, 6) is 0.0894. The van der Waals surface area contributed by atoms with Crippen molar-refractivity contribution in [1.29, 1.82) is 0 Å². The molecule has 0 bridgehead atoms. The van der Waals surface area contributed by atoms with Gasteiger partial charge in [-0.25, -0.2) is 0 Å². The number of rotatable bonds is 4. The van der Waals surface area contributed by atoms with Gasteiger partial charge >= 0.3 is 0 Å². The van der Waals surface area contributed by atoms with Crippen molar-refractivity contribution in [2.45, 2.75) is 43.6 Å². The van der Waals surface area contributed by atoms with Crippen LogP contribution in [0.2, 0.25) is 0 Å². The Balaban J connectivity index is 1.25. The second-order valence-electron chi connectivity index (χ2n) is 10.5. The molecule has 3 heterocycles. The number of hydrogen-bond acceptors (Lipinski definition) is 5. The minimum Gasteiger partial charge on any atom is -0.385 e. The Morgan fingerprint density at radius 2 is 1.97 bits per heavy atom. The van der Waals surface area contributed by atoms with Gasteiger partial charge in [-0.05, 0) is 73.5 Å². The number of carbonyl (C=O) groups is 2. The van der Waals surface area contributed by atoms with Crippen LogP contribution in [-0.4, -0.2) is 29.9 Å². The molecule has 2 amide bonds. The van der Waals surface area contributed by atoms with Crippen molar-refractivity contribution in [2.24, 2.45) is 11.1 Å². The van der Waals surface area contributed by atoms with E-state index in [2.05, 4.69) is 51.8 Å². The largest absolute Gasteiger partial charge is 0.385 e. The van der Waals surface area contributed by atoms with E-state index in [1.54, 1.807) is 18.3 Å². The summed E-state index contributed by atoms with van der Waals surface area (Å²) in [6, 6.07) is 10.3. The molecule has 36 heavy (non-hydrogen) atoms. The molecule has 2 aliphatic heterocycles. The lowest BCUT2D eigenvalue weighted by Gasteiger charge is -2.35. The van der Waals surface area contributed by atoms with Gasteiger partial charge in [0.25, 0.3) is 5.91 Å². The van der Waals surface area contributed by atoms with Gasteiger partial charge in [-0.15, -0.1) is 0 Å². The highest BCUT2D eigenvalue weighted by Crippen LogP contribution is 2.50. The van der Waals surface area contributed by atoms with Crippen LogP contribution in [-0.2, 0) is 23.1 Å². The fourth-order valence-electron chi connectivity index (χ4n) is 6.77. The van der Waals surface area contributed by atoms with Gasteiger partial charge in [0.1, 0.15) is 11.5 Å². The van der Waals surface area contributed by atoms with Gasteiger partial charge in [0.15, 0.2) is 0 Å². The van der Waals surface area contributed by atoms with Crippen molar-refractivity contribution in [3.8, 4) is 0 Å². The van der Waals surface area contributed by atoms with E-state index in [9.17, 15) is 9.59 Å². The Bertz CT molecular complexity index is 1340. The summed E-state index contributed by atoms with van der Waals surface area (Å²) in [4.78, 5) is 30.9. The van der Waals surface area contributed by atoms with Crippen LogP contribution in [0.1, 0.15) is 58.0 Å². The predicted molar refractivity (Wildman–Crippen MR) is 138 cm³/mol. The maximum Gasteiger partial charge on any atom is 0.270 e. The molecular formula is C29H31N5O2. The first kappa shape index (κ1) is 22.7. The summed E-state index contributed by atoms with van der Waals surface area (Å²) in [6.07, 6.45) is 11.1. The Labute approximate surface area is 210 Å². The Morgan fingerprint density at radius 3 is 2.78 bits per heavy atom. The number of nitrogens with zero attached hydrogens (tertiary/aromatic N) is 1. The molecule has 1 fully saturated rings. The smallest absolute Gasteiger partial charge is 0.270 e. The number of piperidine rings is 1. The summed E-state index contributed by atoms with van der Waals surface area (Å²) >= 11 is 0. The Morgan fingerprint density at radius 1 is 1.19 bits per heavy atom. The molecule has 2 aromatic rings. The number of carbonyl (C=O) groups excluding carboxylic acids is 2. The molecule has 2 aliphatic carbocycles. The maximum atomic E-state index is 13.4.